The Morgan fingerprint density at radius 3 is 2.77 bits per heavy atom. The molecule has 0 aliphatic carbocycles. The Hall–Kier alpha value is -3.50. The summed E-state index contributed by atoms with van der Waals surface area (Å²) in [7, 11) is 0. The Kier molecular flexibility index (Phi) is 3.95. The van der Waals surface area contributed by atoms with Gasteiger partial charge in [-0.15, -0.1) is 11.3 Å². The Bertz CT molecular complexity index is 1070. The average Bonchev–Trinajstić information content (AvgIpc) is 3.31. The molecule has 2 heterocycles. The lowest BCUT2D eigenvalue weighted by Crippen LogP contribution is -1.92. The summed E-state index contributed by atoms with van der Waals surface area (Å²) in [6.45, 7) is 0.210. The number of ether oxygens (including phenoxy) is 2. The maximum absolute atomic E-state index is 9.59. The first-order valence-electron chi connectivity index (χ1n) is 7.64. The topological polar surface area (TPSA) is 95.6 Å². The Balaban J connectivity index is 1.66. The number of phenols is 2. The van der Waals surface area contributed by atoms with Gasteiger partial charge in [0.2, 0.25) is 6.79 Å². The van der Waals surface area contributed by atoms with Crippen LogP contribution in [0.5, 0.6) is 23.0 Å². The van der Waals surface area contributed by atoms with E-state index in [0.29, 0.717) is 27.6 Å². The molecule has 1 aliphatic heterocycles. The highest BCUT2D eigenvalue weighted by Crippen LogP contribution is 2.37. The van der Waals surface area contributed by atoms with Crippen LogP contribution in [0.3, 0.4) is 0 Å². The second kappa shape index (κ2) is 6.43. The Morgan fingerprint density at radius 2 is 1.96 bits per heavy atom. The molecule has 0 amide bonds. The maximum Gasteiger partial charge on any atom is 0.231 e. The van der Waals surface area contributed by atoms with Gasteiger partial charge in [0.15, 0.2) is 23.0 Å². The molecule has 0 atom stereocenters. The number of benzene rings is 2. The van der Waals surface area contributed by atoms with Crippen LogP contribution in [0.2, 0.25) is 0 Å². The quantitative estimate of drug-likeness (QED) is 0.538. The molecule has 26 heavy (non-hydrogen) atoms. The molecule has 0 fully saturated rings. The van der Waals surface area contributed by atoms with Crippen LogP contribution in [0.4, 0.5) is 0 Å². The number of nitriles is 1. The third-order valence-electron chi connectivity index (χ3n) is 3.83. The van der Waals surface area contributed by atoms with E-state index in [4.69, 9.17) is 9.47 Å². The standard InChI is InChI=1S/C19H12N2O4S/c20-8-13(5-11-1-3-15(22)16(23)6-11)19-21-14(9-26-19)12-2-4-17-18(7-12)25-10-24-17/h1-7,9,22-23H,10H2/b13-5-. The normalized spacial score (nSPS) is 12.8. The van der Waals surface area contributed by atoms with Crippen molar-refractivity contribution in [3.8, 4) is 40.3 Å². The molecule has 2 aromatic carbocycles. The molecule has 0 spiro atoms. The van der Waals surface area contributed by atoms with Crippen LogP contribution in [0, 0.1) is 11.3 Å². The lowest BCUT2D eigenvalue weighted by molar-refractivity contribution is 0.174. The van der Waals surface area contributed by atoms with E-state index < -0.39 is 0 Å². The van der Waals surface area contributed by atoms with Crippen molar-refractivity contribution in [3.05, 3.63) is 52.3 Å². The zero-order valence-electron chi connectivity index (χ0n) is 13.3. The van der Waals surface area contributed by atoms with Crippen molar-refractivity contribution >= 4 is 23.0 Å². The lowest BCUT2D eigenvalue weighted by Gasteiger charge is -2.00. The van der Waals surface area contributed by atoms with Gasteiger partial charge in [-0.25, -0.2) is 4.98 Å². The van der Waals surface area contributed by atoms with Gasteiger partial charge in [-0.3, -0.25) is 0 Å². The smallest absolute Gasteiger partial charge is 0.231 e. The van der Waals surface area contributed by atoms with Gasteiger partial charge in [-0.2, -0.15) is 5.26 Å². The first-order valence-corrected chi connectivity index (χ1v) is 8.52. The summed E-state index contributed by atoms with van der Waals surface area (Å²) in [5.41, 5.74) is 2.57. The van der Waals surface area contributed by atoms with Gasteiger partial charge in [0.1, 0.15) is 11.1 Å². The van der Waals surface area contributed by atoms with Gasteiger partial charge in [0, 0.05) is 10.9 Å². The van der Waals surface area contributed by atoms with E-state index in [0.717, 1.165) is 11.3 Å². The molecule has 128 valence electrons. The highest BCUT2D eigenvalue weighted by molar-refractivity contribution is 7.11. The number of allylic oxidation sites excluding steroid dienone is 1. The molecule has 6 nitrogen and oxygen atoms in total. The third-order valence-corrected chi connectivity index (χ3v) is 4.71. The fraction of sp³-hybridized carbons (Fsp3) is 0.0526. The predicted molar refractivity (Wildman–Crippen MR) is 96.9 cm³/mol. The van der Waals surface area contributed by atoms with Crippen LogP contribution >= 0.6 is 11.3 Å². The second-order valence-electron chi connectivity index (χ2n) is 5.52. The Labute approximate surface area is 152 Å². The fourth-order valence-corrected chi connectivity index (χ4v) is 3.32. The van der Waals surface area contributed by atoms with Crippen molar-refractivity contribution < 1.29 is 19.7 Å². The monoisotopic (exact) mass is 364 g/mol. The summed E-state index contributed by atoms with van der Waals surface area (Å²) in [6, 6.07) is 12.1. The molecule has 2 N–H and O–H groups in total. The van der Waals surface area contributed by atoms with Crippen LogP contribution in [0.1, 0.15) is 10.6 Å². The van der Waals surface area contributed by atoms with E-state index >= 15 is 0 Å². The number of aromatic nitrogens is 1. The highest BCUT2D eigenvalue weighted by atomic mass is 32.1. The number of hydrogen-bond donors (Lipinski definition) is 2. The van der Waals surface area contributed by atoms with Crippen molar-refractivity contribution in [2.45, 2.75) is 0 Å². The summed E-state index contributed by atoms with van der Waals surface area (Å²) in [5, 5.41) is 30.9. The van der Waals surface area contributed by atoms with Crippen LogP contribution in [-0.4, -0.2) is 22.0 Å². The summed E-state index contributed by atoms with van der Waals surface area (Å²) in [6.07, 6.45) is 1.61. The number of rotatable bonds is 3. The van der Waals surface area contributed by atoms with Gasteiger partial charge in [-0.05, 0) is 42.0 Å². The molecule has 1 aliphatic rings. The van der Waals surface area contributed by atoms with E-state index in [1.807, 2.05) is 23.6 Å². The highest BCUT2D eigenvalue weighted by Gasteiger charge is 2.16. The first-order chi connectivity index (χ1) is 12.6. The van der Waals surface area contributed by atoms with Crippen LogP contribution in [-0.2, 0) is 0 Å². The largest absolute Gasteiger partial charge is 0.504 e. The van der Waals surface area contributed by atoms with Gasteiger partial charge in [0.25, 0.3) is 0 Å². The van der Waals surface area contributed by atoms with E-state index in [2.05, 4.69) is 11.1 Å². The molecule has 1 aromatic heterocycles. The van der Waals surface area contributed by atoms with Crippen molar-refractivity contribution in [3.63, 3.8) is 0 Å². The molecule has 0 unspecified atom stereocenters. The molecule has 0 bridgehead atoms. The minimum atomic E-state index is -0.240. The average molecular weight is 364 g/mol. The molecular weight excluding hydrogens is 352 g/mol. The van der Waals surface area contributed by atoms with Crippen LogP contribution in [0.25, 0.3) is 22.9 Å². The number of fused-ring (bicyclic) bond motifs is 1. The third kappa shape index (κ3) is 2.94. The molecule has 0 saturated carbocycles. The number of nitrogens with zero attached hydrogens (tertiary/aromatic N) is 2. The maximum atomic E-state index is 9.59. The fourth-order valence-electron chi connectivity index (χ4n) is 2.52. The molecule has 0 saturated heterocycles. The van der Waals surface area contributed by atoms with Crippen molar-refractivity contribution in [1.82, 2.24) is 4.98 Å². The van der Waals surface area contributed by atoms with Gasteiger partial charge in [-0.1, -0.05) is 6.07 Å². The first kappa shape index (κ1) is 16.0. The van der Waals surface area contributed by atoms with E-state index in [-0.39, 0.29) is 18.3 Å². The predicted octanol–water partition coefficient (Wildman–Crippen LogP) is 4.01. The molecular formula is C19H12N2O4S. The molecule has 4 rings (SSSR count). The zero-order valence-corrected chi connectivity index (χ0v) is 14.2. The van der Waals surface area contributed by atoms with E-state index in [1.54, 1.807) is 12.1 Å². The van der Waals surface area contributed by atoms with Gasteiger partial charge in [0.05, 0.1) is 11.3 Å². The molecule has 0 radical (unpaired) electrons. The molecule has 3 aromatic rings. The summed E-state index contributed by atoms with van der Waals surface area (Å²) in [4.78, 5) is 4.53. The lowest BCUT2D eigenvalue weighted by atomic mass is 10.1. The summed E-state index contributed by atoms with van der Waals surface area (Å²) in [5.74, 6) is 0.929. The summed E-state index contributed by atoms with van der Waals surface area (Å²) < 4.78 is 10.7. The van der Waals surface area contributed by atoms with Gasteiger partial charge >= 0.3 is 0 Å². The number of hydrogen-bond acceptors (Lipinski definition) is 7. The summed E-state index contributed by atoms with van der Waals surface area (Å²) >= 11 is 1.35. The van der Waals surface area contributed by atoms with Crippen molar-refractivity contribution in [1.29, 1.82) is 5.26 Å². The van der Waals surface area contributed by atoms with Gasteiger partial charge < -0.3 is 19.7 Å². The minimum absolute atomic E-state index is 0.208. The minimum Gasteiger partial charge on any atom is -0.504 e. The second-order valence-corrected chi connectivity index (χ2v) is 6.38. The number of phenolic OH excluding ortho intramolecular Hbond substituents is 2. The van der Waals surface area contributed by atoms with Crippen molar-refractivity contribution in [2.24, 2.45) is 0 Å². The number of aromatic hydroxyl groups is 2. The van der Waals surface area contributed by atoms with E-state index in [1.165, 1.54) is 23.5 Å². The Morgan fingerprint density at radius 1 is 1.12 bits per heavy atom. The molecule has 7 heteroatoms. The zero-order chi connectivity index (χ0) is 18.1. The van der Waals surface area contributed by atoms with Crippen LogP contribution in [0.15, 0.2) is 41.8 Å². The number of thiazole rings is 1. The SMILES string of the molecule is N#C/C(=C/c1ccc(O)c(O)c1)c1nc(-c2ccc3c(c2)OCO3)cs1. The van der Waals surface area contributed by atoms with Crippen molar-refractivity contribution in [2.75, 3.05) is 6.79 Å². The van der Waals surface area contributed by atoms with E-state index in [9.17, 15) is 15.5 Å². The van der Waals surface area contributed by atoms with Crippen LogP contribution < -0.4 is 9.47 Å².